The maximum Gasteiger partial charge on any atom is 0.372 e. The first-order valence-corrected chi connectivity index (χ1v) is 14.5. The minimum atomic E-state index is -1.21. The minimum absolute atomic E-state index is 0. The van der Waals surface area contributed by atoms with Gasteiger partial charge in [-0.2, -0.15) is 0 Å². The molecule has 1 aliphatic carbocycles. The van der Waals surface area contributed by atoms with E-state index in [1.165, 1.54) is 22.5 Å². The Hall–Kier alpha value is -4.32. The van der Waals surface area contributed by atoms with Gasteiger partial charge < -0.3 is 26.5 Å². The summed E-state index contributed by atoms with van der Waals surface area (Å²) in [6.07, 6.45) is 3.54. The quantitative estimate of drug-likeness (QED) is 0.220. The van der Waals surface area contributed by atoms with Crippen molar-refractivity contribution in [2.75, 3.05) is 17.2 Å². The highest BCUT2D eigenvalue weighted by Gasteiger charge is 2.28. The summed E-state index contributed by atoms with van der Waals surface area (Å²) in [5, 5.41) is 9.61. The Bertz CT molecular complexity index is 1960. The number of hydrogen-bond donors (Lipinski definition) is 4. The van der Waals surface area contributed by atoms with Crippen molar-refractivity contribution in [3.8, 4) is 0 Å². The summed E-state index contributed by atoms with van der Waals surface area (Å²) in [6, 6.07) is 16.5. The molecule has 1 unspecified atom stereocenters. The van der Waals surface area contributed by atoms with E-state index in [4.69, 9.17) is 16.6 Å². The molecule has 0 spiro atoms. The third-order valence-electron chi connectivity index (χ3n) is 8.15. The van der Waals surface area contributed by atoms with Gasteiger partial charge in [0.15, 0.2) is 0 Å². The Kier molecular flexibility index (Phi) is 8.50. The highest BCUT2D eigenvalue weighted by Crippen LogP contribution is 2.39. The SMILES string of the molecule is Cl.NCc1ccc2c(c1)CN(c1c(N)c(=O)c1=O)CC2.O=C(O)c1nc2sc3c(c2c(=O)[nH]1)CCC(c1ccccc1)C3. The molecule has 12 heteroatoms. The summed E-state index contributed by atoms with van der Waals surface area (Å²) in [5.74, 6) is -1.06. The summed E-state index contributed by atoms with van der Waals surface area (Å²) in [4.78, 5) is 56.1. The van der Waals surface area contributed by atoms with Gasteiger partial charge in [0, 0.05) is 24.5 Å². The van der Waals surface area contributed by atoms with E-state index in [1.807, 2.05) is 29.2 Å². The second-order valence-corrected chi connectivity index (χ2v) is 11.7. The number of nitrogens with one attached hydrogen (secondary N) is 1. The van der Waals surface area contributed by atoms with E-state index in [2.05, 4.69) is 34.2 Å². The molecule has 3 aromatic carbocycles. The van der Waals surface area contributed by atoms with Crippen molar-refractivity contribution < 1.29 is 9.90 Å². The van der Waals surface area contributed by atoms with Crippen molar-refractivity contribution in [3.63, 3.8) is 0 Å². The maximum atomic E-state index is 12.2. The number of H-pyrrole nitrogens is 1. The number of nitrogens with zero attached hydrogens (tertiary/aromatic N) is 2. The van der Waals surface area contributed by atoms with Crippen LogP contribution in [0.3, 0.4) is 0 Å². The first-order valence-electron chi connectivity index (χ1n) is 13.7. The smallest absolute Gasteiger partial charge is 0.372 e. The minimum Gasteiger partial charge on any atom is -0.475 e. The predicted molar refractivity (Wildman–Crippen MR) is 171 cm³/mol. The van der Waals surface area contributed by atoms with E-state index in [1.54, 1.807) is 0 Å². The number of carbonyl (C=O) groups is 1. The van der Waals surface area contributed by atoms with Crippen molar-refractivity contribution in [3.05, 3.63) is 118 Å². The lowest BCUT2D eigenvalue weighted by atomic mass is 9.83. The highest BCUT2D eigenvalue weighted by molar-refractivity contribution is 7.18. The van der Waals surface area contributed by atoms with Crippen molar-refractivity contribution in [2.45, 2.75) is 44.7 Å². The molecule has 1 atom stereocenters. The molecule has 6 N–H and O–H groups in total. The number of rotatable bonds is 4. The van der Waals surface area contributed by atoms with Crippen molar-refractivity contribution in [1.29, 1.82) is 0 Å². The van der Waals surface area contributed by atoms with Crippen LogP contribution in [0.15, 0.2) is 62.9 Å². The molecule has 0 amide bonds. The molecule has 0 saturated heterocycles. The molecule has 0 fully saturated rings. The Labute approximate surface area is 256 Å². The first-order chi connectivity index (χ1) is 20.2. The molecule has 2 aromatic heterocycles. The van der Waals surface area contributed by atoms with Crippen LogP contribution in [0.5, 0.6) is 0 Å². The predicted octanol–water partition coefficient (Wildman–Crippen LogP) is 3.26. The zero-order valence-corrected chi connectivity index (χ0v) is 24.7. The van der Waals surface area contributed by atoms with Gasteiger partial charge >= 0.3 is 5.97 Å². The van der Waals surface area contributed by atoms with Crippen LogP contribution in [0.1, 0.15) is 55.7 Å². The fourth-order valence-electron chi connectivity index (χ4n) is 5.93. The highest BCUT2D eigenvalue weighted by atomic mass is 35.5. The van der Waals surface area contributed by atoms with Crippen molar-refractivity contribution >= 4 is 51.3 Å². The van der Waals surface area contributed by atoms with Crippen LogP contribution in [-0.2, 0) is 32.4 Å². The lowest BCUT2D eigenvalue weighted by Crippen LogP contribution is -2.44. The number of nitrogen functional groups attached to an aromatic ring is 1. The van der Waals surface area contributed by atoms with Gasteiger partial charge in [-0.05, 0) is 59.4 Å². The number of nitrogens with two attached hydrogens (primary N) is 2. The number of fused-ring (bicyclic) bond motifs is 4. The normalized spacial score (nSPS) is 15.7. The number of anilines is 2. The lowest BCUT2D eigenvalue weighted by Gasteiger charge is -2.31. The molecular weight excluding hydrogens is 590 g/mol. The first kappa shape index (κ1) is 30.1. The van der Waals surface area contributed by atoms with Gasteiger partial charge in [-0.25, -0.2) is 9.78 Å². The van der Waals surface area contributed by atoms with Gasteiger partial charge in [-0.15, -0.1) is 23.7 Å². The van der Waals surface area contributed by atoms with Gasteiger partial charge in [0.05, 0.1) is 5.39 Å². The number of thiophene rings is 1. The summed E-state index contributed by atoms with van der Waals surface area (Å²) in [5.41, 5.74) is 16.2. The lowest BCUT2D eigenvalue weighted by molar-refractivity contribution is 0.0683. The number of benzene rings is 2. The third kappa shape index (κ3) is 5.58. The van der Waals surface area contributed by atoms with Gasteiger partial charge in [-0.3, -0.25) is 14.4 Å². The second-order valence-electron chi connectivity index (χ2n) is 10.7. The van der Waals surface area contributed by atoms with Crippen LogP contribution in [0.4, 0.5) is 11.4 Å². The Balaban J connectivity index is 0.000000170. The van der Waals surface area contributed by atoms with Crippen LogP contribution in [0.2, 0.25) is 0 Å². The molecular formula is C31H30ClN5O5S. The number of carboxylic acid groups (broad SMARTS) is 1. The Morgan fingerprint density at radius 2 is 1.84 bits per heavy atom. The van der Waals surface area contributed by atoms with Crippen molar-refractivity contribution in [2.24, 2.45) is 5.73 Å². The van der Waals surface area contributed by atoms with Crippen LogP contribution in [-0.4, -0.2) is 27.6 Å². The zero-order valence-electron chi connectivity index (χ0n) is 23.1. The Morgan fingerprint density at radius 3 is 2.53 bits per heavy atom. The maximum absolute atomic E-state index is 12.2. The van der Waals surface area contributed by atoms with E-state index in [-0.39, 0.29) is 29.5 Å². The summed E-state index contributed by atoms with van der Waals surface area (Å²) < 4.78 is 0. The van der Waals surface area contributed by atoms with Crippen LogP contribution >= 0.6 is 23.7 Å². The van der Waals surface area contributed by atoms with Crippen LogP contribution in [0, 0.1) is 0 Å². The number of aryl methyl sites for hydroxylation is 1. The molecule has 0 radical (unpaired) electrons. The van der Waals surface area contributed by atoms with E-state index in [0.717, 1.165) is 47.3 Å². The molecule has 10 nitrogen and oxygen atoms in total. The van der Waals surface area contributed by atoms with E-state index >= 15 is 0 Å². The zero-order chi connectivity index (χ0) is 29.5. The summed E-state index contributed by atoms with van der Waals surface area (Å²) in [7, 11) is 0. The largest absolute Gasteiger partial charge is 0.475 e. The van der Waals surface area contributed by atoms with Gasteiger partial charge in [-0.1, -0.05) is 48.5 Å². The van der Waals surface area contributed by atoms with Gasteiger partial charge in [0.25, 0.3) is 16.4 Å². The molecule has 7 rings (SSSR count). The van der Waals surface area contributed by atoms with Crippen molar-refractivity contribution in [1.82, 2.24) is 9.97 Å². The molecule has 0 saturated carbocycles. The molecule has 1 aliphatic heterocycles. The summed E-state index contributed by atoms with van der Waals surface area (Å²) in [6.45, 7) is 1.82. The standard InChI is InChI=1S/C17H14N2O3S.C14H15N3O2.ClH/c20-15-13-11-7-6-10(9-4-2-1-3-5-9)8-12(11)23-16(13)19-14(18-15)17(21)22;15-6-8-1-2-9-3-4-17(7-10(9)5-8)12-11(16)13(18)14(12)19;/h1-5,10H,6-8H2,(H,21,22)(H,18,19,20);1-2,5H,3-4,6-7,15-16H2;1H. The molecule has 3 heterocycles. The van der Waals surface area contributed by atoms with E-state index in [0.29, 0.717) is 41.5 Å². The van der Waals surface area contributed by atoms with Gasteiger partial charge in [0.2, 0.25) is 5.82 Å². The average Bonchev–Trinajstić information content (AvgIpc) is 3.39. The van der Waals surface area contributed by atoms with E-state index in [9.17, 15) is 19.2 Å². The number of carboxylic acids is 1. The fourth-order valence-corrected chi connectivity index (χ4v) is 7.23. The number of halogens is 1. The van der Waals surface area contributed by atoms with Gasteiger partial charge in [0.1, 0.15) is 16.2 Å². The number of aromatic amines is 1. The van der Waals surface area contributed by atoms with Crippen LogP contribution in [0.25, 0.3) is 10.2 Å². The topological polar surface area (TPSA) is 172 Å². The second kappa shape index (κ2) is 12.1. The molecule has 5 aromatic rings. The fraction of sp³-hybridized carbons (Fsp3) is 0.258. The Morgan fingerprint density at radius 1 is 1.07 bits per heavy atom. The van der Waals surface area contributed by atoms with E-state index < -0.39 is 16.8 Å². The van der Waals surface area contributed by atoms with Crippen LogP contribution < -0.4 is 32.8 Å². The molecule has 2 aliphatic rings. The summed E-state index contributed by atoms with van der Waals surface area (Å²) >= 11 is 1.45. The molecule has 222 valence electrons. The average molecular weight is 620 g/mol. The number of aromatic nitrogens is 2. The molecule has 43 heavy (non-hydrogen) atoms. The third-order valence-corrected chi connectivity index (χ3v) is 9.30. The molecule has 0 bridgehead atoms. The number of hydrogen-bond acceptors (Lipinski definition) is 9. The monoisotopic (exact) mass is 619 g/mol. The number of aromatic carboxylic acids is 1.